The average molecular weight is 507 g/mol. The summed E-state index contributed by atoms with van der Waals surface area (Å²) < 4.78 is 59.7. The van der Waals surface area contributed by atoms with Gasteiger partial charge in [0.15, 0.2) is 17.2 Å². The first-order valence-corrected chi connectivity index (χ1v) is 10.5. The number of hydrogen-bond donors (Lipinski definition) is 1. The van der Waals surface area contributed by atoms with Crippen molar-refractivity contribution < 1.29 is 31.9 Å². The molecule has 9 nitrogen and oxygen atoms in total. The Labute approximate surface area is 194 Å². The van der Waals surface area contributed by atoms with E-state index in [4.69, 9.17) is 21.2 Å². The van der Waals surface area contributed by atoms with Crippen molar-refractivity contribution >= 4 is 17.6 Å². The lowest BCUT2D eigenvalue weighted by atomic mass is 9.75. The van der Waals surface area contributed by atoms with Gasteiger partial charge in [0.1, 0.15) is 5.69 Å². The molecule has 3 atom stereocenters. The molecule has 1 aliphatic heterocycles. The molecule has 0 amide bonds. The summed E-state index contributed by atoms with van der Waals surface area (Å²) in [5.41, 5.74) is -4.36. The first kappa shape index (κ1) is 24.4. The van der Waals surface area contributed by atoms with Crippen molar-refractivity contribution in [1.82, 2.24) is 19.6 Å². The van der Waals surface area contributed by atoms with Crippen LogP contribution in [0.15, 0.2) is 21.7 Å². The summed E-state index contributed by atoms with van der Waals surface area (Å²) in [4.78, 5) is 47.4. The molecule has 184 valence electrons. The smallest absolute Gasteiger partial charge is 0.431 e. The van der Waals surface area contributed by atoms with Gasteiger partial charge in [-0.1, -0.05) is 11.6 Å². The number of fused-ring (bicyclic) bond motifs is 1. The molecule has 2 aliphatic rings. The van der Waals surface area contributed by atoms with Crippen molar-refractivity contribution in [1.29, 1.82) is 0 Å². The van der Waals surface area contributed by atoms with Crippen LogP contribution in [-0.4, -0.2) is 32.8 Å². The van der Waals surface area contributed by atoms with Crippen LogP contribution >= 0.6 is 11.6 Å². The number of alkyl halides is 3. The number of hydroxylamine groups is 1. The van der Waals surface area contributed by atoms with Gasteiger partial charge in [-0.25, -0.2) is 23.5 Å². The molecule has 14 heteroatoms. The maximum absolute atomic E-state index is 14.9. The number of methoxy groups -OCH3 is 1. The van der Waals surface area contributed by atoms with Crippen molar-refractivity contribution in [3.05, 3.63) is 55.2 Å². The molecule has 2 aromatic heterocycles. The van der Waals surface area contributed by atoms with E-state index in [0.717, 1.165) is 13.1 Å². The molecule has 4 rings (SSSR count). The normalized spacial score (nSPS) is 26.5. The SMILES string of the molecule is COC(=O)C12CCCC1C(C)(c1nc(-n3c(=O)cc(C(F)(F)F)n(C)c3=O)c(F)cc1Cl)NO2. The fourth-order valence-electron chi connectivity index (χ4n) is 4.86. The highest BCUT2D eigenvalue weighted by atomic mass is 35.5. The molecule has 1 N–H and O–H groups in total. The molecule has 0 bridgehead atoms. The lowest BCUT2D eigenvalue weighted by Crippen LogP contribution is -2.46. The Morgan fingerprint density at radius 2 is 2.03 bits per heavy atom. The van der Waals surface area contributed by atoms with Gasteiger partial charge < -0.3 is 4.74 Å². The zero-order valence-electron chi connectivity index (χ0n) is 18.1. The number of nitrogens with one attached hydrogen (secondary N) is 1. The van der Waals surface area contributed by atoms with Crippen molar-refractivity contribution in [3.63, 3.8) is 0 Å². The van der Waals surface area contributed by atoms with Gasteiger partial charge in [-0.3, -0.25) is 14.2 Å². The summed E-state index contributed by atoms with van der Waals surface area (Å²) in [5.74, 6) is -3.24. The predicted molar refractivity (Wildman–Crippen MR) is 109 cm³/mol. The first-order valence-electron chi connectivity index (χ1n) is 10.1. The quantitative estimate of drug-likeness (QED) is 0.503. The van der Waals surface area contributed by atoms with Crippen LogP contribution in [0.4, 0.5) is 17.6 Å². The molecule has 2 fully saturated rings. The number of halogens is 5. The van der Waals surface area contributed by atoms with Gasteiger partial charge in [0.25, 0.3) is 5.56 Å². The molecule has 1 saturated heterocycles. The van der Waals surface area contributed by atoms with Crippen molar-refractivity contribution in [2.45, 2.75) is 43.5 Å². The zero-order chi connectivity index (χ0) is 25.2. The second kappa shape index (κ2) is 7.89. The summed E-state index contributed by atoms with van der Waals surface area (Å²) in [5, 5.41) is -0.204. The number of aromatic nitrogens is 3. The topological polar surface area (TPSA) is 104 Å². The van der Waals surface area contributed by atoms with Crippen LogP contribution < -0.4 is 16.7 Å². The second-order valence-electron chi connectivity index (χ2n) is 8.40. The first-order chi connectivity index (χ1) is 15.8. The van der Waals surface area contributed by atoms with Gasteiger partial charge in [-0.2, -0.15) is 18.7 Å². The molecular weight excluding hydrogens is 488 g/mol. The van der Waals surface area contributed by atoms with E-state index in [9.17, 15) is 31.9 Å². The fourth-order valence-corrected chi connectivity index (χ4v) is 5.20. The van der Waals surface area contributed by atoms with E-state index in [1.165, 1.54) is 7.11 Å². The Balaban J connectivity index is 1.91. The number of hydrogen-bond acceptors (Lipinski definition) is 7. The van der Waals surface area contributed by atoms with Crippen LogP contribution in [0.3, 0.4) is 0 Å². The highest BCUT2D eigenvalue weighted by Crippen LogP contribution is 2.54. The zero-order valence-corrected chi connectivity index (χ0v) is 18.9. The Kier molecular flexibility index (Phi) is 5.65. The van der Waals surface area contributed by atoms with Crippen LogP contribution in [0.2, 0.25) is 5.02 Å². The Morgan fingerprint density at radius 3 is 2.65 bits per heavy atom. The summed E-state index contributed by atoms with van der Waals surface area (Å²) in [6.07, 6.45) is -3.58. The van der Waals surface area contributed by atoms with E-state index in [1.807, 2.05) is 0 Å². The number of pyridine rings is 1. The van der Waals surface area contributed by atoms with E-state index in [0.29, 0.717) is 19.3 Å². The van der Waals surface area contributed by atoms with Crippen LogP contribution in [0.1, 0.15) is 37.6 Å². The van der Waals surface area contributed by atoms with Gasteiger partial charge in [-0.15, -0.1) is 0 Å². The number of ether oxygens (including phenoxy) is 1. The molecule has 0 radical (unpaired) electrons. The molecule has 3 unspecified atom stereocenters. The molecule has 0 spiro atoms. The average Bonchev–Trinajstić information content (AvgIpc) is 3.31. The lowest BCUT2D eigenvalue weighted by Gasteiger charge is -2.31. The van der Waals surface area contributed by atoms with E-state index in [2.05, 4.69) is 10.5 Å². The second-order valence-corrected chi connectivity index (χ2v) is 8.81. The highest BCUT2D eigenvalue weighted by molar-refractivity contribution is 6.31. The lowest BCUT2D eigenvalue weighted by molar-refractivity contribution is -0.172. The number of carbonyl (C=O) groups is 1. The largest absolute Gasteiger partial charge is 0.467 e. The highest BCUT2D eigenvalue weighted by Gasteiger charge is 2.65. The predicted octanol–water partition coefficient (Wildman–Crippen LogP) is 2.20. The minimum absolute atomic E-state index is 0.0582. The minimum Gasteiger partial charge on any atom is -0.467 e. The Morgan fingerprint density at radius 1 is 1.35 bits per heavy atom. The van der Waals surface area contributed by atoms with Gasteiger partial charge in [0.05, 0.1) is 23.4 Å². The third kappa shape index (κ3) is 3.36. The van der Waals surface area contributed by atoms with Gasteiger partial charge >= 0.3 is 17.8 Å². The standard InChI is InChI=1S/C20H19ClF4N4O5/c1-18(11-5-4-6-19(11,34-27-18)16(31)33-3)14-9(21)7-10(22)15(26-14)29-13(30)8-12(20(23,24)25)28(2)17(29)32/h7-8,11,27H,4-6H2,1-3H3. The van der Waals surface area contributed by atoms with E-state index in [1.54, 1.807) is 6.92 Å². The fraction of sp³-hybridized carbons (Fsp3) is 0.500. The van der Waals surface area contributed by atoms with E-state index >= 15 is 0 Å². The molecule has 3 heterocycles. The van der Waals surface area contributed by atoms with Crippen LogP contribution in [0.25, 0.3) is 5.82 Å². The summed E-state index contributed by atoms with van der Waals surface area (Å²) in [7, 11) is 2.01. The molecule has 0 aromatic carbocycles. The summed E-state index contributed by atoms with van der Waals surface area (Å²) in [6.45, 7) is 1.59. The molecule has 34 heavy (non-hydrogen) atoms. The number of nitrogens with zero attached hydrogens (tertiary/aromatic N) is 3. The summed E-state index contributed by atoms with van der Waals surface area (Å²) >= 11 is 6.27. The summed E-state index contributed by atoms with van der Waals surface area (Å²) in [6, 6.07) is 0.970. The van der Waals surface area contributed by atoms with Crippen molar-refractivity contribution in [3.8, 4) is 5.82 Å². The molecular formula is C20H19ClF4N4O5. The van der Waals surface area contributed by atoms with Gasteiger partial charge in [0.2, 0.25) is 0 Å². The monoisotopic (exact) mass is 506 g/mol. The molecule has 2 aromatic rings. The van der Waals surface area contributed by atoms with Gasteiger partial charge in [-0.05, 0) is 32.3 Å². The number of rotatable bonds is 3. The van der Waals surface area contributed by atoms with Gasteiger partial charge in [0, 0.05) is 19.0 Å². The van der Waals surface area contributed by atoms with E-state index < -0.39 is 57.8 Å². The Hall–Kier alpha value is -2.77. The third-order valence-corrected chi connectivity index (χ3v) is 6.79. The van der Waals surface area contributed by atoms with Crippen LogP contribution in [0.5, 0.6) is 0 Å². The van der Waals surface area contributed by atoms with Crippen molar-refractivity contribution in [2.75, 3.05) is 7.11 Å². The molecule has 1 saturated carbocycles. The minimum atomic E-state index is -4.98. The third-order valence-electron chi connectivity index (χ3n) is 6.50. The van der Waals surface area contributed by atoms with E-state index in [-0.39, 0.29) is 25.9 Å². The number of esters is 1. The Bertz CT molecular complexity index is 1310. The molecule has 1 aliphatic carbocycles. The maximum atomic E-state index is 14.9. The van der Waals surface area contributed by atoms with Crippen LogP contribution in [-0.2, 0) is 33.1 Å². The van der Waals surface area contributed by atoms with Crippen LogP contribution in [0, 0.1) is 11.7 Å². The number of carbonyl (C=O) groups excluding carboxylic acids is 1. The maximum Gasteiger partial charge on any atom is 0.431 e. The van der Waals surface area contributed by atoms with Crippen molar-refractivity contribution in [2.24, 2.45) is 13.0 Å².